The summed E-state index contributed by atoms with van der Waals surface area (Å²) in [6.45, 7) is 6.54. The second-order valence-corrected chi connectivity index (χ2v) is 10.0. The lowest BCUT2D eigenvalue weighted by Crippen LogP contribution is -2.32. The fourth-order valence-electron chi connectivity index (χ4n) is 3.93. The highest BCUT2D eigenvalue weighted by molar-refractivity contribution is 8.18. The van der Waals surface area contributed by atoms with Crippen LogP contribution in [-0.4, -0.2) is 36.3 Å². The van der Waals surface area contributed by atoms with Crippen LogP contribution in [0.4, 0.5) is 4.79 Å². The van der Waals surface area contributed by atoms with Crippen LogP contribution in [0, 0.1) is 6.92 Å². The van der Waals surface area contributed by atoms with Crippen molar-refractivity contribution >= 4 is 40.6 Å². The van der Waals surface area contributed by atoms with Crippen LogP contribution in [0.3, 0.4) is 0 Å². The van der Waals surface area contributed by atoms with E-state index >= 15 is 0 Å². The zero-order valence-corrected chi connectivity index (χ0v) is 22.8. The molecule has 1 aliphatic rings. The minimum Gasteiger partial charge on any atom is -0.493 e. The van der Waals surface area contributed by atoms with Crippen molar-refractivity contribution in [2.45, 2.75) is 20.0 Å². The number of halogens is 1. The third kappa shape index (κ3) is 6.79. The van der Waals surface area contributed by atoms with Crippen LogP contribution in [0.2, 0.25) is 5.02 Å². The van der Waals surface area contributed by atoms with Gasteiger partial charge in [0, 0.05) is 10.6 Å². The molecule has 0 aromatic heterocycles. The normalized spacial score (nSPS) is 14.2. The molecule has 1 fully saturated rings. The van der Waals surface area contributed by atoms with Gasteiger partial charge in [-0.1, -0.05) is 41.9 Å². The molecule has 8 heteroatoms. The number of carbonyl (C=O) groups excluding carboxylic acids is 2. The van der Waals surface area contributed by atoms with Gasteiger partial charge in [-0.25, -0.2) is 0 Å². The Labute approximate surface area is 231 Å². The Kier molecular flexibility index (Phi) is 9.15. The van der Waals surface area contributed by atoms with Crippen LogP contribution in [0.5, 0.6) is 17.2 Å². The fraction of sp³-hybridized carbons (Fsp3) is 0.200. The third-order valence-electron chi connectivity index (χ3n) is 5.78. The standard InChI is InChI=1S/C30H28ClNO5S/c1-4-6-23-16-22(17-26(35-3)28(23)37-19-21-9-11-24(31)12-10-21)18-27-29(33)32(30(34)38-27)13-14-36-25-8-5-7-20(2)15-25/h4-5,7-12,15-18H,1,6,13-14,19H2,2-3H3/b27-18-. The number of hydrogen-bond donors (Lipinski definition) is 0. The molecule has 38 heavy (non-hydrogen) atoms. The lowest BCUT2D eigenvalue weighted by Gasteiger charge is -2.16. The number of benzene rings is 3. The zero-order chi connectivity index (χ0) is 27.1. The maximum Gasteiger partial charge on any atom is 0.293 e. The molecule has 4 rings (SSSR count). The lowest BCUT2D eigenvalue weighted by molar-refractivity contribution is -0.123. The first-order chi connectivity index (χ1) is 18.4. The van der Waals surface area contributed by atoms with Crippen molar-refractivity contribution < 1.29 is 23.8 Å². The monoisotopic (exact) mass is 549 g/mol. The Morgan fingerprint density at radius 2 is 1.84 bits per heavy atom. The minimum atomic E-state index is -0.347. The van der Waals surface area contributed by atoms with E-state index in [4.69, 9.17) is 25.8 Å². The largest absolute Gasteiger partial charge is 0.493 e. The van der Waals surface area contributed by atoms with Gasteiger partial charge in [0.15, 0.2) is 11.5 Å². The molecule has 0 bridgehead atoms. The number of aryl methyl sites for hydroxylation is 1. The molecule has 0 radical (unpaired) electrons. The number of amides is 2. The second kappa shape index (κ2) is 12.7. The van der Waals surface area contributed by atoms with E-state index in [9.17, 15) is 9.59 Å². The second-order valence-electron chi connectivity index (χ2n) is 8.62. The summed E-state index contributed by atoms with van der Waals surface area (Å²) >= 11 is 6.89. The number of carbonyl (C=O) groups is 2. The molecule has 196 valence electrons. The molecular formula is C30H28ClNO5S. The van der Waals surface area contributed by atoms with E-state index < -0.39 is 0 Å². The Bertz CT molecular complexity index is 1370. The highest BCUT2D eigenvalue weighted by atomic mass is 35.5. The van der Waals surface area contributed by atoms with E-state index in [0.717, 1.165) is 34.0 Å². The molecule has 1 saturated heterocycles. The molecule has 0 N–H and O–H groups in total. The number of ether oxygens (including phenoxy) is 3. The molecule has 0 atom stereocenters. The van der Waals surface area contributed by atoms with Crippen molar-refractivity contribution in [2.24, 2.45) is 0 Å². The average molecular weight is 550 g/mol. The minimum absolute atomic E-state index is 0.165. The quantitative estimate of drug-likeness (QED) is 0.188. The molecule has 1 aliphatic heterocycles. The van der Waals surface area contributed by atoms with Gasteiger partial charge in [-0.3, -0.25) is 14.5 Å². The van der Waals surface area contributed by atoms with Crippen molar-refractivity contribution in [3.8, 4) is 17.2 Å². The maximum atomic E-state index is 13.0. The first kappa shape index (κ1) is 27.4. The van der Waals surface area contributed by atoms with Gasteiger partial charge < -0.3 is 14.2 Å². The summed E-state index contributed by atoms with van der Waals surface area (Å²) in [6, 6.07) is 18.8. The third-order valence-corrected chi connectivity index (χ3v) is 6.94. The molecule has 0 aliphatic carbocycles. The van der Waals surface area contributed by atoms with Gasteiger partial charge in [-0.05, 0) is 84.3 Å². The summed E-state index contributed by atoms with van der Waals surface area (Å²) in [4.78, 5) is 27.1. The predicted octanol–water partition coefficient (Wildman–Crippen LogP) is 7.08. The summed E-state index contributed by atoms with van der Waals surface area (Å²) in [5.41, 5.74) is 3.61. The van der Waals surface area contributed by atoms with Crippen LogP contribution >= 0.6 is 23.4 Å². The average Bonchev–Trinajstić information content (AvgIpc) is 3.16. The van der Waals surface area contributed by atoms with E-state index in [-0.39, 0.29) is 24.3 Å². The van der Waals surface area contributed by atoms with E-state index in [2.05, 4.69) is 6.58 Å². The van der Waals surface area contributed by atoms with Gasteiger partial charge in [0.05, 0.1) is 18.6 Å². The number of allylic oxidation sites excluding steroid dienone is 1. The van der Waals surface area contributed by atoms with Crippen LogP contribution in [0.15, 0.2) is 78.2 Å². The topological polar surface area (TPSA) is 65.1 Å². The van der Waals surface area contributed by atoms with Crippen molar-refractivity contribution in [3.05, 3.63) is 106 Å². The molecule has 2 amide bonds. The smallest absolute Gasteiger partial charge is 0.293 e. The summed E-state index contributed by atoms with van der Waals surface area (Å²) in [6.07, 6.45) is 4.01. The number of thioether (sulfide) groups is 1. The maximum absolute atomic E-state index is 13.0. The van der Waals surface area contributed by atoms with Crippen LogP contribution in [-0.2, 0) is 17.8 Å². The van der Waals surface area contributed by atoms with Gasteiger partial charge in [0.2, 0.25) is 0 Å². The first-order valence-corrected chi connectivity index (χ1v) is 13.2. The molecule has 0 saturated carbocycles. The molecule has 3 aromatic carbocycles. The Morgan fingerprint density at radius 1 is 1.05 bits per heavy atom. The molecule has 0 spiro atoms. The number of nitrogens with zero attached hydrogens (tertiary/aromatic N) is 1. The van der Waals surface area contributed by atoms with Gasteiger partial charge >= 0.3 is 0 Å². The Hall–Kier alpha value is -3.68. The summed E-state index contributed by atoms with van der Waals surface area (Å²) in [7, 11) is 1.56. The fourth-order valence-corrected chi connectivity index (χ4v) is 4.92. The van der Waals surface area contributed by atoms with Crippen LogP contribution in [0.25, 0.3) is 6.08 Å². The van der Waals surface area contributed by atoms with E-state index in [1.807, 2.05) is 61.5 Å². The Morgan fingerprint density at radius 3 is 2.55 bits per heavy atom. The lowest BCUT2D eigenvalue weighted by atomic mass is 10.0. The first-order valence-electron chi connectivity index (χ1n) is 12.0. The van der Waals surface area contributed by atoms with Gasteiger partial charge in [0.1, 0.15) is 19.0 Å². The predicted molar refractivity (Wildman–Crippen MR) is 152 cm³/mol. The van der Waals surface area contributed by atoms with Crippen molar-refractivity contribution in [1.29, 1.82) is 0 Å². The number of methoxy groups -OCH3 is 1. The van der Waals surface area contributed by atoms with Crippen molar-refractivity contribution in [3.63, 3.8) is 0 Å². The zero-order valence-electron chi connectivity index (χ0n) is 21.2. The molecular weight excluding hydrogens is 522 g/mol. The molecule has 6 nitrogen and oxygen atoms in total. The van der Waals surface area contributed by atoms with Crippen LogP contribution in [0.1, 0.15) is 22.3 Å². The summed E-state index contributed by atoms with van der Waals surface area (Å²) in [5.74, 6) is 1.48. The van der Waals surface area contributed by atoms with Crippen LogP contribution < -0.4 is 14.2 Å². The van der Waals surface area contributed by atoms with E-state index in [1.165, 1.54) is 4.90 Å². The van der Waals surface area contributed by atoms with Gasteiger partial charge in [-0.2, -0.15) is 0 Å². The summed E-state index contributed by atoms with van der Waals surface area (Å²) < 4.78 is 17.5. The molecule has 0 unspecified atom stereocenters. The van der Waals surface area contributed by atoms with E-state index in [1.54, 1.807) is 25.3 Å². The van der Waals surface area contributed by atoms with E-state index in [0.29, 0.717) is 40.2 Å². The number of hydrogen-bond acceptors (Lipinski definition) is 6. The Balaban J connectivity index is 1.49. The number of rotatable bonds is 11. The molecule has 1 heterocycles. The summed E-state index contributed by atoms with van der Waals surface area (Å²) in [5, 5.41) is 0.335. The van der Waals surface area contributed by atoms with Crippen molar-refractivity contribution in [2.75, 3.05) is 20.3 Å². The van der Waals surface area contributed by atoms with Gasteiger partial charge in [-0.15, -0.1) is 6.58 Å². The van der Waals surface area contributed by atoms with Gasteiger partial charge in [0.25, 0.3) is 11.1 Å². The number of imide groups is 1. The highest BCUT2D eigenvalue weighted by Crippen LogP contribution is 2.37. The molecule has 3 aromatic rings. The SMILES string of the molecule is C=CCc1cc(/C=C2\SC(=O)N(CCOc3cccc(C)c3)C2=O)cc(OC)c1OCc1ccc(Cl)cc1. The van der Waals surface area contributed by atoms with Crippen molar-refractivity contribution in [1.82, 2.24) is 4.90 Å². The highest BCUT2D eigenvalue weighted by Gasteiger charge is 2.35.